The van der Waals surface area contributed by atoms with Gasteiger partial charge in [-0.15, -0.1) is 0 Å². The number of amides is 2. The summed E-state index contributed by atoms with van der Waals surface area (Å²) in [6, 6.07) is 3.46. The van der Waals surface area contributed by atoms with E-state index in [-0.39, 0.29) is 12.8 Å². The fourth-order valence-electron chi connectivity index (χ4n) is 1.57. The zero-order valence-corrected chi connectivity index (χ0v) is 11.6. The molecule has 0 heterocycles. The quantitative estimate of drug-likeness (QED) is 0.730. The van der Waals surface area contributed by atoms with Gasteiger partial charge in [0.2, 0.25) is 5.91 Å². The standard InChI is InChI=1S/C13H15ClN2O4/c1-7-6-8(2-3-9(7)14)12(18)16-10(13(19)20)4-5-11(15)17/h2-3,6,10H,4-5H2,1H3,(H2,15,17)(H,16,18)(H,19,20)/t10-/m1/s1. The number of carboxylic acids is 1. The van der Waals surface area contributed by atoms with Crippen molar-refractivity contribution in [2.75, 3.05) is 0 Å². The molecule has 0 saturated heterocycles. The van der Waals surface area contributed by atoms with Gasteiger partial charge < -0.3 is 16.2 Å². The summed E-state index contributed by atoms with van der Waals surface area (Å²) < 4.78 is 0. The lowest BCUT2D eigenvalue weighted by atomic mass is 10.1. The van der Waals surface area contributed by atoms with E-state index in [0.717, 1.165) is 0 Å². The molecule has 0 aromatic heterocycles. The molecule has 1 aromatic carbocycles. The van der Waals surface area contributed by atoms with E-state index in [2.05, 4.69) is 5.32 Å². The van der Waals surface area contributed by atoms with E-state index in [1.54, 1.807) is 19.1 Å². The van der Waals surface area contributed by atoms with Crippen molar-refractivity contribution >= 4 is 29.4 Å². The van der Waals surface area contributed by atoms with Gasteiger partial charge in [0.15, 0.2) is 0 Å². The third-order valence-corrected chi connectivity index (χ3v) is 3.13. The number of rotatable bonds is 6. The Kier molecular flexibility index (Phi) is 5.52. The highest BCUT2D eigenvalue weighted by atomic mass is 35.5. The highest BCUT2D eigenvalue weighted by molar-refractivity contribution is 6.31. The molecule has 108 valence electrons. The Balaban J connectivity index is 2.77. The molecular weight excluding hydrogens is 284 g/mol. The van der Waals surface area contributed by atoms with Crippen molar-refractivity contribution in [1.29, 1.82) is 0 Å². The van der Waals surface area contributed by atoms with Gasteiger partial charge in [-0.2, -0.15) is 0 Å². The first-order valence-electron chi connectivity index (χ1n) is 5.89. The summed E-state index contributed by atoms with van der Waals surface area (Å²) in [6.07, 6.45) is -0.167. The fourth-order valence-corrected chi connectivity index (χ4v) is 1.69. The van der Waals surface area contributed by atoms with E-state index in [0.29, 0.717) is 16.1 Å². The number of carbonyl (C=O) groups excluding carboxylic acids is 2. The van der Waals surface area contributed by atoms with Crippen molar-refractivity contribution in [3.8, 4) is 0 Å². The van der Waals surface area contributed by atoms with Crippen molar-refractivity contribution in [3.05, 3.63) is 34.3 Å². The summed E-state index contributed by atoms with van der Waals surface area (Å²) in [5.74, 6) is -2.38. The Morgan fingerprint density at radius 1 is 1.40 bits per heavy atom. The van der Waals surface area contributed by atoms with Gasteiger partial charge in [0.05, 0.1) is 0 Å². The average molecular weight is 299 g/mol. The molecule has 0 bridgehead atoms. The second kappa shape index (κ2) is 6.91. The lowest BCUT2D eigenvalue weighted by Gasteiger charge is -2.14. The minimum Gasteiger partial charge on any atom is -0.480 e. The molecule has 0 fully saturated rings. The molecule has 0 unspecified atom stereocenters. The molecular formula is C13H15ClN2O4. The van der Waals surface area contributed by atoms with Crippen LogP contribution in [0.3, 0.4) is 0 Å². The number of carbonyl (C=O) groups is 3. The number of hydrogen-bond acceptors (Lipinski definition) is 3. The molecule has 1 atom stereocenters. The van der Waals surface area contributed by atoms with Crippen LogP contribution in [0.4, 0.5) is 0 Å². The molecule has 0 saturated carbocycles. The number of nitrogens with two attached hydrogens (primary N) is 1. The van der Waals surface area contributed by atoms with Gasteiger partial charge >= 0.3 is 5.97 Å². The van der Waals surface area contributed by atoms with Crippen molar-refractivity contribution < 1.29 is 19.5 Å². The van der Waals surface area contributed by atoms with Crippen LogP contribution in [0.5, 0.6) is 0 Å². The Hall–Kier alpha value is -2.08. The maximum atomic E-state index is 11.9. The number of aliphatic carboxylic acids is 1. The molecule has 1 aromatic rings. The normalized spacial score (nSPS) is 11.7. The van der Waals surface area contributed by atoms with Gasteiger partial charge in [-0.25, -0.2) is 4.79 Å². The Bertz CT molecular complexity index is 545. The van der Waals surface area contributed by atoms with E-state index >= 15 is 0 Å². The monoisotopic (exact) mass is 298 g/mol. The number of primary amides is 1. The second-order valence-corrected chi connectivity index (χ2v) is 4.74. The molecule has 0 aliphatic carbocycles. The van der Waals surface area contributed by atoms with Crippen LogP contribution in [0.15, 0.2) is 18.2 Å². The summed E-state index contributed by atoms with van der Waals surface area (Å²) in [5.41, 5.74) is 5.97. The first-order chi connectivity index (χ1) is 9.31. The topological polar surface area (TPSA) is 109 Å². The molecule has 0 aliphatic heterocycles. The molecule has 1 rings (SSSR count). The molecule has 2 amide bonds. The third kappa shape index (κ3) is 4.55. The van der Waals surface area contributed by atoms with Gasteiger partial charge in [0.1, 0.15) is 6.04 Å². The van der Waals surface area contributed by atoms with E-state index < -0.39 is 23.8 Å². The van der Waals surface area contributed by atoms with Crippen LogP contribution in [-0.4, -0.2) is 28.9 Å². The van der Waals surface area contributed by atoms with E-state index in [1.165, 1.54) is 6.07 Å². The maximum absolute atomic E-state index is 11.9. The molecule has 0 spiro atoms. The van der Waals surface area contributed by atoms with Crippen molar-refractivity contribution in [2.45, 2.75) is 25.8 Å². The van der Waals surface area contributed by atoms with Crippen LogP contribution >= 0.6 is 11.6 Å². The largest absolute Gasteiger partial charge is 0.480 e. The van der Waals surface area contributed by atoms with E-state index in [9.17, 15) is 14.4 Å². The molecule has 7 heteroatoms. The highest BCUT2D eigenvalue weighted by Crippen LogP contribution is 2.16. The zero-order chi connectivity index (χ0) is 15.3. The summed E-state index contributed by atoms with van der Waals surface area (Å²) in [4.78, 5) is 33.6. The van der Waals surface area contributed by atoms with Crippen LogP contribution in [0.25, 0.3) is 0 Å². The minimum absolute atomic E-state index is 0.0526. The number of hydrogen-bond donors (Lipinski definition) is 3. The average Bonchev–Trinajstić information content (AvgIpc) is 2.36. The smallest absolute Gasteiger partial charge is 0.326 e. The van der Waals surface area contributed by atoms with Crippen LogP contribution in [0, 0.1) is 6.92 Å². The van der Waals surface area contributed by atoms with Crippen molar-refractivity contribution in [3.63, 3.8) is 0 Å². The van der Waals surface area contributed by atoms with Crippen LogP contribution in [0.2, 0.25) is 5.02 Å². The minimum atomic E-state index is -1.22. The van der Waals surface area contributed by atoms with Crippen LogP contribution in [0.1, 0.15) is 28.8 Å². The lowest BCUT2D eigenvalue weighted by molar-refractivity contribution is -0.139. The lowest BCUT2D eigenvalue weighted by Crippen LogP contribution is -2.41. The number of carboxylic acid groups (broad SMARTS) is 1. The Morgan fingerprint density at radius 3 is 2.55 bits per heavy atom. The summed E-state index contributed by atoms with van der Waals surface area (Å²) in [5, 5.41) is 11.9. The first-order valence-corrected chi connectivity index (χ1v) is 6.27. The van der Waals surface area contributed by atoms with Gasteiger partial charge in [0, 0.05) is 17.0 Å². The number of benzene rings is 1. The maximum Gasteiger partial charge on any atom is 0.326 e. The zero-order valence-electron chi connectivity index (χ0n) is 10.9. The summed E-state index contributed by atoms with van der Waals surface area (Å²) in [7, 11) is 0. The second-order valence-electron chi connectivity index (χ2n) is 4.33. The van der Waals surface area contributed by atoms with Gasteiger partial charge in [-0.3, -0.25) is 9.59 Å². The SMILES string of the molecule is Cc1cc(C(=O)N[C@H](CCC(N)=O)C(=O)O)ccc1Cl. The predicted octanol–water partition coefficient (Wildman–Crippen LogP) is 1.10. The van der Waals surface area contributed by atoms with Gasteiger partial charge in [0.25, 0.3) is 5.91 Å². The molecule has 6 nitrogen and oxygen atoms in total. The third-order valence-electron chi connectivity index (χ3n) is 2.70. The van der Waals surface area contributed by atoms with Gasteiger partial charge in [-0.05, 0) is 37.1 Å². The van der Waals surface area contributed by atoms with Crippen molar-refractivity contribution in [1.82, 2.24) is 5.32 Å². The number of halogens is 1. The molecule has 20 heavy (non-hydrogen) atoms. The van der Waals surface area contributed by atoms with Crippen LogP contribution < -0.4 is 11.1 Å². The first kappa shape index (κ1) is 16.0. The predicted molar refractivity (Wildman–Crippen MR) is 73.5 cm³/mol. The van der Waals surface area contributed by atoms with Gasteiger partial charge in [-0.1, -0.05) is 11.6 Å². The van der Waals surface area contributed by atoms with E-state index in [4.69, 9.17) is 22.4 Å². The Morgan fingerprint density at radius 2 is 2.05 bits per heavy atom. The highest BCUT2D eigenvalue weighted by Gasteiger charge is 2.21. The molecule has 0 aliphatic rings. The van der Waals surface area contributed by atoms with E-state index in [1.807, 2.05) is 0 Å². The van der Waals surface area contributed by atoms with Crippen LogP contribution in [-0.2, 0) is 9.59 Å². The number of nitrogens with one attached hydrogen (secondary N) is 1. The summed E-state index contributed by atoms with van der Waals surface area (Å²) >= 11 is 5.85. The fraction of sp³-hybridized carbons (Fsp3) is 0.308. The van der Waals surface area contributed by atoms with Crippen molar-refractivity contribution in [2.24, 2.45) is 5.73 Å². The molecule has 0 radical (unpaired) electrons. The Labute approximate surface area is 120 Å². The summed E-state index contributed by atoms with van der Waals surface area (Å²) in [6.45, 7) is 1.74. The number of aryl methyl sites for hydroxylation is 1. The molecule has 4 N–H and O–H groups in total.